The standard InChI is InChI=1S/C42H81N2O12P/c1-5-7-9-11-13-15-17-19-21-23-25-27-39(45)51-31-37(55-40(46)28-26-24-22-20-18-16-14-12-10-8-6-2)33-53-57(49,50)54-34-38(56-42(48)30-36(4)44)32-52-41(47)29-35(3)43/h35-38H,5-34,43-44H2,1-4H3,(H,49,50). The molecule has 0 saturated heterocycles. The first kappa shape index (κ1) is 54.9. The van der Waals surface area contributed by atoms with Crippen molar-refractivity contribution < 1.29 is 56.6 Å². The van der Waals surface area contributed by atoms with Crippen LogP contribution in [0, 0.1) is 0 Å². The molecule has 0 heterocycles. The maximum Gasteiger partial charge on any atom is 0.472 e. The van der Waals surface area contributed by atoms with E-state index in [1.807, 2.05) is 0 Å². The Balaban J connectivity index is 5.04. The molecule has 0 rings (SSSR count). The molecule has 0 aliphatic rings. The molecule has 0 fully saturated rings. The highest BCUT2D eigenvalue weighted by atomic mass is 31.2. The minimum atomic E-state index is -4.83. The van der Waals surface area contributed by atoms with Crippen LogP contribution in [0.15, 0.2) is 0 Å². The number of unbranched alkanes of at least 4 members (excludes halogenated alkanes) is 20. The van der Waals surface area contributed by atoms with Crippen LogP contribution in [0.25, 0.3) is 0 Å². The van der Waals surface area contributed by atoms with Crippen LogP contribution in [0.2, 0.25) is 0 Å². The Bertz CT molecular complexity index is 1080. The number of phosphoric acid groups is 1. The monoisotopic (exact) mass is 837 g/mol. The molecule has 0 aromatic rings. The summed E-state index contributed by atoms with van der Waals surface area (Å²) in [5, 5.41) is 0. The Kier molecular flexibility index (Phi) is 35.6. The molecule has 14 nitrogen and oxygen atoms in total. The second kappa shape index (κ2) is 36.9. The van der Waals surface area contributed by atoms with Crippen LogP contribution in [-0.4, -0.2) is 79.5 Å². The highest BCUT2D eigenvalue weighted by molar-refractivity contribution is 7.47. The molecule has 0 bridgehead atoms. The molecule has 0 aromatic heterocycles. The lowest BCUT2D eigenvalue weighted by atomic mass is 10.1. The summed E-state index contributed by atoms with van der Waals surface area (Å²) in [6, 6.07) is -0.986. The third-order valence-corrected chi connectivity index (χ3v) is 10.2. The van der Waals surface area contributed by atoms with Crippen molar-refractivity contribution in [3.05, 3.63) is 0 Å². The van der Waals surface area contributed by atoms with Gasteiger partial charge in [-0.2, -0.15) is 0 Å². The number of phosphoric ester groups is 1. The maximum absolute atomic E-state index is 12.9. The van der Waals surface area contributed by atoms with Gasteiger partial charge in [0, 0.05) is 24.9 Å². The van der Waals surface area contributed by atoms with Crippen molar-refractivity contribution in [3.63, 3.8) is 0 Å². The highest BCUT2D eigenvalue weighted by Gasteiger charge is 2.29. The van der Waals surface area contributed by atoms with E-state index in [-0.39, 0.29) is 32.3 Å². The van der Waals surface area contributed by atoms with Crippen molar-refractivity contribution >= 4 is 31.7 Å². The maximum atomic E-state index is 12.9. The van der Waals surface area contributed by atoms with Crippen LogP contribution >= 0.6 is 7.82 Å². The molecule has 0 aliphatic carbocycles. The number of esters is 4. The minimum Gasteiger partial charge on any atom is -0.462 e. The van der Waals surface area contributed by atoms with E-state index in [2.05, 4.69) is 13.8 Å². The van der Waals surface area contributed by atoms with Crippen LogP contribution in [0.1, 0.15) is 195 Å². The average molecular weight is 837 g/mol. The lowest BCUT2D eigenvalue weighted by Crippen LogP contribution is -2.33. The number of ether oxygens (including phenoxy) is 4. The predicted molar refractivity (Wildman–Crippen MR) is 222 cm³/mol. The molecular weight excluding hydrogens is 755 g/mol. The summed E-state index contributed by atoms with van der Waals surface area (Å²) in [6.45, 7) is 5.54. The molecular formula is C42H81N2O12P. The largest absolute Gasteiger partial charge is 0.472 e. The zero-order chi connectivity index (χ0) is 42.6. The van der Waals surface area contributed by atoms with E-state index in [0.717, 1.165) is 38.5 Å². The quantitative estimate of drug-likeness (QED) is 0.0228. The van der Waals surface area contributed by atoms with Gasteiger partial charge in [-0.15, -0.1) is 0 Å². The molecule has 0 amide bonds. The second-order valence-electron chi connectivity index (χ2n) is 15.6. The van der Waals surface area contributed by atoms with Crippen molar-refractivity contribution in [2.24, 2.45) is 11.5 Å². The van der Waals surface area contributed by atoms with Crippen molar-refractivity contribution in [1.82, 2.24) is 0 Å². The third kappa shape index (κ3) is 37.9. The Morgan fingerprint density at radius 2 is 0.789 bits per heavy atom. The van der Waals surface area contributed by atoms with Gasteiger partial charge >= 0.3 is 31.7 Å². The predicted octanol–water partition coefficient (Wildman–Crippen LogP) is 8.91. The molecule has 5 unspecified atom stereocenters. The third-order valence-electron chi connectivity index (χ3n) is 9.25. The first-order valence-corrected chi connectivity index (χ1v) is 23.6. The number of carbonyl (C=O) groups is 4. The van der Waals surface area contributed by atoms with Crippen molar-refractivity contribution in [1.29, 1.82) is 0 Å². The van der Waals surface area contributed by atoms with Gasteiger partial charge in [-0.3, -0.25) is 28.2 Å². The minimum absolute atomic E-state index is 0.0911. The Morgan fingerprint density at radius 3 is 1.18 bits per heavy atom. The number of hydrogen-bond acceptors (Lipinski definition) is 13. The fourth-order valence-corrected chi connectivity index (χ4v) is 6.78. The van der Waals surface area contributed by atoms with E-state index in [4.69, 9.17) is 39.5 Å². The van der Waals surface area contributed by atoms with Crippen LogP contribution < -0.4 is 11.5 Å². The lowest BCUT2D eigenvalue weighted by Gasteiger charge is -2.22. The fraction of sp³-hybridized carbons (Fsp3) is 0.905. The molecule has 5 N–H and O–H groups in total. The van der Waals surface area contributed by atoms with Crippen molar-refractivity contribution in [3.8, 4) is 0 Å². The van der Waals surface area contributed by atoms with E-state index in [1.54, 1.807) is 13.8 Å². The normalized spacial score (nSPS) is 14.6. The summed E-state index contributed by atoms with van der Waals surface area (Å²) >= 11 is 0. The van der Waals surface area contributed by atoms with E-state index >= 15 is 0 Å². The number of nitrogens with two attached hydrogens (primary N) is 2. The topological polar surface area (TPSA) is 213 Å². The lowest BCUT2D eigenvalue weighted by molar-refractivity contribution is -0.162. The fourth-order valence-electron chi connectivity index (χ4n) is 6.00. The van der Waals surface area contributed by atoms with Crippen LogP contribution in [0.5, 0.6) is 0 Å². The van der Waals surface area contributed by atoms with E-state index in [0.29, 0.717) is 12.8 Å². The second-order valence-corrected chi connectivity index (χ2v) is 17.0. The van der Waals surface area contributed by atoms with E-state index in [1.165, 1.54) is 89.9 Å². The summed E-state index contributed by atoms with van der Waals surface area (Å²) in [5.74, 6) is -2.38. The molecule has 0 spiro atoms. The van der Waals surface area contributed by atoms with E-state index < -0.39 is 75.8 Å². The van der Waals surface area contributed by atoms with Gasteiger partial charge in [0.25, 0.3) is 0 Å². The van der Waals surface area contributed by atoms with Crippen molar-refractivity contribution in [2.45, 2.75) is 219 Å². The summed E-state index contributed by atoms with van der Waals surface area (Å²) in [5.41, 5.74) is 11.3. The zero-order valence-electron chi connectivity index (χ0n) is 36.1. The smallest absolute Gasteiger partial charge is 0.462 e. The summed E-state index contributed by atoms with van der Waals surface area (Å²) < 4.78 is 44.4. The van der Waals surface area contributed by atoms with Gasteiger partial charge in [-0.05, 0) is 26.7 Å². The molecule has 57 heavy (non-hydrogen) atoms. The summed E-state index contributed by atoms with van der Waals surface area (Å²) in [4.78, 5) is 60.1. The van der Waals surface area contributed by atoms with Gasteiger partial charge in [0.15, 0.2) is 12.2 Å². The van der Waals surface area contributed by atoms with Gasteiger partial charge in [-0.1, -0.05) is 142 Å². The average Bonchev–Trinajstić information content (AvgIpc) is 3.14. The molecule has 15 heteroatoms. The van der Waals surface area contributed by atoms with Crippen LogP contribution in [-0.2, 0) is 51.7 Å². The zero-order valence-corrected chi connectivity index (χ0v) is 37.0. The summed E-state index contributed by atoms with van der Waals surface area (Å²) in [6.07, 6.45) is 22.7. The Hall–Kier alpha value is -2.09. The highest BCUT2D eigenvalue weighted by Crippen LogP contribution is 2.43. The molecule has 0 aliphatic heterocycles. The SMILES string of the molecule is CCCCCCCCCCCCCC(=O)OCC(COP(=O)(O)OCC(COC(=O)CC(C)N)OC(=O)CC(C)N)OC(=O)CCCCCCCCCCCCC. The number of carbonyl (C=O) groups excluding carboxylic acids is 4. The van der Waals surface area contributed by atoms with Crippen LogP contribution in [0.3, 0.4) is 0 Å². The Labute approximate surface area is 344 Å². The Morgan fingerprint density at radius 1 is 0.474 bits per heavy atom. The molecule has 5 atom stereocenters. The first-order chi connectivity index (χ1) is 27.3. The number of hydrogen-bond donors (Lipinski definition) is 3. The van der Waals surface area contributed by atoms with Gasteiger partial charge in [0.1, 0.15) is 13.2 Å². The van der Waals surface area contributed by atoms with Gasteiger partial charge in [0.2, 0.25) is 0 Å². The molecule has 0 aromatic carbocycles. The summed E-state index contributed by atoms with van der Waals surface area (Å²) in [7, 11) is -4.83. The molecule has 0 saturated carbocycles. The van der Waals surface area contributed by atoms with Gasteiger partial charge in [-0.25, -0.2) is 4.57 Å². The van der Waals surface area contributed by atoms with Crippen LogP contribution in [0.4, 0.5) is 0 Å². The van der Waals surface area contributed by atoms with Crippen molar-refractivity contribution in [2.75, 3.05) is 26.4 Å². The molecule has 336 valence electrons. The van der Waals surface area contributed by atoms with Gasteiger partial charge in [0.05, 0.1) is 26.1 Å². The number of rotatable bonds is 40. The van der Waals surface area contributed by atoms with E-state index in [9.17, 15) is 28.6 Å². The molecule has 0 radical (unpaired) electrons. The van der Waals surface area contributed by atoms with Gasteiger partial charge < -0.3 is 35.3 Å². The first-order valence-electron chi connectivity index (χ1n) is 22.1.